The highest BCUT2D eigenvalue weighted by Crippen LogP contribution is 2.42. The van der Waals surface area contributed by atoms with E-state index in [1.54, 1.807) is 31.0 Å². The number of imidazole rings is 2. The van der Waals surface area contributed by atoms with Crippen molar-refractivity contribution in [2.45, 2.75) is 32.7 Å². The van der Waals surface area contributed by atoms with Crippen LogP contribution in [0.15, 0.2) is 60.1 Å². The fraction of sp³-hybridized carbons (Fsp3) is 0.179. The molecule has 0 spiro atoms. The zero-order chi connectivity index (χ0) is 27.4. The molecule has 2 aliphatic heterocycles. The van der Waals surface area contributed by atoms with Gasteiger partial charge in [0.25, 0.3) is 0 Å². The van der Waals surface area contributed by atoms with Crippen LogP contribution in [0.5, 0.6) is 0 Å². The fourth-order valence-corrected chi connectivity index (χ4v) is 4.89. The molecule has 40 heavy (non-hydrogen) atoms. The van der Waals surface area contributed by atoms with E-state index in [4.69, 9.17) is 4.98 Å². The van der Waals surface area contributed by atoms with Gasteiger partial charge in [-0.3, -0.25) is 19.8 Å². The molecule has 1 fully saturated rings. The lowest BCUT2D eigenvalue weighted by molar-refractivity contribution is -0.116. The van der Waals surface area contributed by atoms with Crippen LogP contribution in [-0.4, -0.2) is 52.6 Å². The zero-order valence-corrected chi connectivity index (χ0v) is 21.6. The molecule has 0 aliphatic carbocycles. The van der Waals surface area contributed by atoms with Crippen molar-refractivity contribution < 1.29 is 9.18 Å². The smallest absolute Gasteiger partial charge is 0.224 e. The molecule has 198 valence electrons. The number of nitrogens with zero attached hydrogens (tertiary/aromatic N) is 7. The minimum absolute atomic E-state index is 0.0917. The zero-order valence-electron chi connectivity index (χ0n) is 21.6. The number of aromatic nitrogens is 7. The normalized spacial score (nSPS) is 15.4. The number of fused-ring (bicyclic) bond motifs is 3. The highest BCUT2D eigenvalue weighted by molar-refractivity contribution is 5.98. The molecular formula is C28H23FN10O. The lowest BCUT2D eigenvalue weighted by atomic mass is 10.00. The van der Waals surface area contributed by atoms with Gasteiger partial charge in [0.05, 0.1) is 58.3 Å². The molecule has 3 N–H and O–H groups in total. The average molecular weight is 535 g/mol. The first-order valence-electron chi connectivity index (χ1n) is 12.8. The van der Waals surface area contributed by atoms with Gasteiger partial charge in [-0.1, -0.05) is 6.92 Å². The molecule has 5 aromatic rings. The Morgan fingerprint density at radius 1 is 1.20 bits per heavy atom. The quantitative estimate of drug-likeness (QED) is 0.276. The Hall–Kier alpha value is -5.26. The van der Waals surface area contributed by atoms with Gasteiger partial charge < -0.3 is 20.2 Å². The summed E-state index contributed by atoms with van der Waals surface area (Å²) < 4.78 is 18.4. The number of carbonyl (C=O) groups is 1. The molecule has 1 saturated heterocycles. The number of H-pyrrole nitrogens is 1. The number of anilines is 1. The standard InChI is InChI=1S/C28H23FN10O/c1-3-4-20(40)35-16-7-15(8-30-9-16)24-23(29)21-17(10-33-24)32-11-18-25(36-18)22(21)27-37-26-19(5-6-31-28(26)38-27)39-12-14(2)34-13-39/h5-13,18,36H,3-4H2,1-2H3,(H,35,40)(H,31,37,38). The number of amides is 1. The molecule has 0 radical (unpaired) electrons. The molecule has 5 aromatic heterocycles. The van der Waals surface area contributed by atoms with Crippen molar-refractivity contribution in [1.82, 2.24) is 39.8 Å². The van der Waals surface area contributed by atoms with Crippen LogP contribution < -0.4 is 10.6 Å². The Morgan fingerprint density at radius 3 is 2.92 bits per heavy atom. The topological polar surface area (TPSA) is 149 Å². The lowest BCUT2D eigenvalue weighted by Crippen LogP contribution is -2.11. The van der Waals surface area contributed by atoms with Gasteiger partial charge in [0.15, 0.2) is 11.5 Å². The summed E-state index contributed by atoms with van der Waals surface area (Å²) in [5.74, 6) is -0.241. The van der Waals surface area contributed by atoms with Crippen molar-refractivity contribution in [2.24, 2.45) is 4.99 Å². The van der Waals surface area contributed by atoms with Crippen molar-refractivity contribution in [3.05, 3.63) is 78.0 Å². The monoisotopic (exact) mass is 534 g/mol. The molecule has 12 heteroatoms. The van der Waals surface area contributed by atoms with Crippen LogP contribution in [0.1, 0.15) is 36.8 Å². The van der Waals surface area contributed by atoms with Crippen LogP contribution in [-0.2, 0) is 4.79 Å². The Balaban J connectivity index is 1.35. The molecule has 2 aliphatic rings. The summed E-state index contributed by atoms with van der Waals surface area (Å²) in [6.07, 6.45) is 12.7. The molecule has 1 unspecified atom stereocenters. The predicted molar refractivity (Wildman–Crippen MR) is 148 cm³/mol. The third-order valence-electron chi connectivity index (χ3n) is 6.79. The number of nitrogens with one attached hydrogen (secondary N) is 3. The molecular weight excluding hydrogens is 511 g/mol. The van der Waals surface area contributed by atoms with Crippen LogP contribution in [0.2, 0.25) is 0 Å². The molecule has 11 nitrogen and oxygen atoms in total. The minimum atomic E-state index is -0.566. The molecule has 7 rings (SSSR count). The number of carbonyl (C=O) groups excluding carboxylic acids is 1. The maximum atomic E-state index is 16.5. The maximum absolute atomic E-state index is 16.5. The van der Waals surface area contributed by atoms with Gasteiger partial charge in [-0.25, -0.2) is 19.3 Å². The Bertz CT molecular complexity index is 1890. The summed E-state index contributed by atoms with van der Waals surface area (Å²) in [6.45, 7) is 3.84. The second-order valence-electron chi connectivity index (χ2n) is 9.67. The van der Waals surface area contributed by atoms with Crippen LogP contribution in [0.25, 0.3) is 33.7 Å². The lowest BCUT2D eigenvalue weighted by Gasteiger charge is -2.13. The van der Waals surface area contributed by atoms with Crippen molar-refractivity contribution in [2.75, 3.05) is 5.32 Å². The van der Waals surface area contributed by atoms with Crippen LogP contribution in [0, 0.1) is 12.7 Å². The van der Waals surface area contributed by atoms with E-state index in [1.165, 1.54) is 12.4 Å². The summed E-state index contributed by atoms with van der Waals surface area (Å²) >= 11 is 0. The summed E-state index contributed by atoms with van der Waals surface area (Å²) in [5, 5.41) is 6.08. The van der Waals surface area contributed by atoms with Crippen molar-refractivity contribution in [3.8, 4) is 16.9 Å². The number of aliphatic imine (C=N–C) groups is 1. The molecule has 0 saturated carbocycles. The minimum Gasteiger partial charge on any atom is -0.373 e. The largest absolute Gasteiger partial charge is 0.373 e. The Kier molecular flexibility index (Phi) is 5.47. The summed E-state index contributed by atoms with van der Waals surface area (Å²) in [5.41, 5.74) is 5.89. The van der Waals surface area contributed by atoms with E-state index in [-0.39, 0.29) is 23.2 Å². The third-order valence-corrected chi connectivity index (χ3v) is 6.79. The van der Waals surface area contributed by atoms with E-state index < -0.39 is 5.82 Å². The van der Waals surface area contributed by atoms with Gasteiger partial charge in [0, 0.05) is 36.8 Å². The average Bonchev–Trinajstić information content (AvgIpc) is 3.40. The van der Waals surface area contributed by atoms with Crippen LogP contribution in [0.3, 0.4) is 0 Å². The van der Waals surface area contributed by atoms with Crippen molar-refractivity contribution in [3.63, 3.8) is 0 Å². The Labute approximate surface area is 227 Å². The first kappa shape index (κ1) is 23.8. The first-order valence-corrected chi connectivity index (χ1v) is 12.8. The Morgan fingerprint density at radius 2 is 2.10 bits per heavy atom. The van der Waals surface area contributed by atoms with Crippen molar-refractivity contribution >= 4 is 40.2 Å². The van der Waals surface area contributed by atoms with E-state index in [1.807, 2.05) is 30.7 Å². The summed E-state index contributed by atoms with van der Waals surface area (Å²) in [4.78, 5) is 42.1. The second kappa shape index (κ2) is 9.19. The predicted octanol–water partition coefficient (Wildman–Crippen LogP) is 4.23. The highest BCUT2D eigenvalue weighted by Gasteiger charge is 2.38. The SMILES string of the molecule is CCCC(=O)Nc1cncc(-c2ncc3c(c2F)C(c2nc4nccc(-n5cnc(C)c5)c4[nH]2)=C2NC2C=N3)c1. The molecule has 1 amide bonds. The third kappa shape index (κ3) is 4.01. The molecule has 0 aromatic carbocycles. The molecule has 7 heterocycles. The number of halogens is 1. The van der Waals surface area contributed by atoms with E-state index in [9.17, 15) is 4.79 Å². The van der Waals surface area contributed by atoms with Crippen LogP contribution >= 0.6 is 0 Å². The van der Waals surface area contributed by atoms with Crippen LogP contribution in [0.4, 0.5) is 15.8 Å². The van der Waals surface area contributed by atoms with Gasteiger partial charge in [0.2, 0.25) is 5.91 Å². The fourth-order valence-electron chi connectivity index (χ4n) is 4.89. The first-order chi connectivity index (χ1) is 19.5. The van der Waals surface area contributed by atoms with E-state index in [0.29, 0.717) is 52.3 Å². The van der Waals surface area contributed by atoms with E-state index >= 15 is 4.39 Å². The van der Waals surface area contributed by atoms with Gasteiger partial charge >= 0.3 is 0 Å². The van der Waals surface area contributed by atoms with E-state index in [2.05, 4.69) is 40.5 Å². The van der Waals surface area contributed by atoms with E-state index in [0.717, 1.165) is 17.1 Å². The summed E-state index contributed by atoms with van der Waals surface area (Å²) in [6, 6.07) is 3.39. The molecule has 0 bridgehead atoms. The maximum Gasteiger partial charge on any atom is 0.224 e. The number of pyridine rings is 3. The number of hydrogen-bond donors (Lipinski definition) is 3. The second-order valence-corrected chi connectivity index (χ2v) is 9.67. The summed E-state index contributed by atoms with van der Waals surface area (Å²) in [7, 11) is 0. The van der Waals surface area contributed by atoms with Gasteiger partial charge in [0.1, 0.15) is 23.1 Å². The number of aromatic amines is 1. The molecule has 1 atom stereocenters. The number of aryl methyl sites for hydroxylation is 1. The van der Waals surface area contributed by atoms with Gasteiger partial charge in [-0.05, 0) is 25.5 Å². The van der Waals surface area contributed by atoms with Gasteiger partial charge in [-0.2, -0.15) is 0 Å². The van der Waals surface area contributed by atoms with Crippen molar-refractivity contribution in [1.29, 1.82) is 0 Å². The highest BCUT2D eigenvalue weighted by atomic mass is 19.1. The van der Waals surface area contributed by atoms with Gasteiger partial charge in [-0.15, -0.1) is 0 Å². The number of rotatable bonds is 6. The number of hydrogen-bond acceptors (Lipinski definition) is 8.